The average molecular weight is 438 g/mol. The summed E-state index contributed by atoms with van der Waals surface area (Å²) < 4.78 is 28.7. The van der Waals surface area contributed by atoms with E-state index in [9.17, 15) is 13.2 Å². The highest BCUT2D eigenvalue weighted by atomic mass is 32.2. The maximum atomic E-state index is 13.6. The lowest BCUT2D eigenvalue weighted by Gasteiger charge is -2.50. The summed E-state index contributed by atoms with van der Waals surface area (Å²) in [5.74, 6) is -0.203. The van der Waals surface area contributed by atoms with Gasteiger partial charge in [-0.1, -0.05) is 61.0 Å². The van der Waals surface area contributed by atoms with Gasteiger partial charge in [-0.15, -0.1) is 11.3 Å². The minimum atomic E-state index is -3.81. The first kappa shape index (κ1) is 20.6. The summed E-state index contributed by atoms with van der Waals surface area (Å²) in [6.07, 6.45) is 2.24. The Morgan fingerprint density at radius 1 is 1.03 bits per heavy atom. The zero-order valence-electron chi connectivity index (χ0n) is 16.9. The predicted octanol–water partition coefficient (Wildman–Crippen LogP) is 5.60. The monoisotopic (exact) mass is 437 g/mol. The van der Waals surface area contributed by atoms with Crippen LogP contribution in [0.2, 0.25) is 0 Å². The molecule has 0 saturated carbocycles. The third-order valence-electron chi connectivity index (χ3n) is 5.47. The summed E-state index contributed by atoms with van der Waals surface area (Å²) in [6, 6.07) is 19.7. The lowest BCUT2D eigenvalue weighted by atomic mass is 9.80. The Morgan fingerprint density at radius 2 is 1.73 bits per heavy atom. The number of hydrogen-bond donors (Lipinski definition) is 0. The quantitative estimate of drug-likeness (QED) is 0.373. The van der Waals surface area contributed by atoms with Gasteiger partial charge in [0.1, 0.15) is 0 Å². The summed E-state index contributed by atoms with van der Waals surface area (Å²) in [5.41, 5.74) is 2.48. The van der Waals surface area contributed by atoms with Crippen molar-refractivity contribution < 1.29 is 13.2 Å². The second-order valence-corrected chi connectivity index (χ2v) is 10.2. The summed E-state index contributed by atoms with van der Waals surface area (Å²) >= 11 is 1.36. The van der Waals surface area contributed by atoms with E-state index < -0.39 is 10.0 Å². The molecule has 154 valence electrons. The molecule has 0 N–H and O–H groups in total. The Hall–Kier alpha value is -2.70. The molecule has 0 spiro atoms. The van der Waals surface area contributed by atoms with E-state index in [4.69, 9.17) is 0 Å². The van der Waals surface area contributed by atoms with Gasteiger partial charge < -0.3 is 0 Å². The van der Waals surface area contributed by atoms with E-state index in [1.54, 1.807) is 30.3 Å². The number of rotatable bonds is 6. The second-order valence-electron chi connectivity index (χ2n) is 7.39. The van der Waals surface area contributed by atoms with Crippen LogP contribution < -0.4 is 0 Å². The normalized spacial score (nSPS) is 20.2. The molecule has 2 heterocycles. The first-order valence-electron chi connectivity index (χ1n) is 9.89. The summed E-state index contributed by atoms with van der Waals surface area (Å²) in [6.45, 7) is 3.95. The van der Waals surface area contributed by atoms with E-state index in [-0.39, 0.29) is 22.6 Å². The number of allylic oxidation sites excluding steroid dienone is 1. The zero-order valence-corrected chi connectivity index (χ0v) is 18.5. The molecule has 30 heavy (non-hydrogen) atoms. The highest BCUT2D eigenvalue weighted by Gasteiger charge is 2.50. The second kappa shape index (κ2) is 8.20. The van der Waals surface area contributed by atoms with E-state index >= 15 is 0 Å². The van der Waals surface area contributed by atoms with Gasteiger partial charge in [-0.25, -0.2) is 8.42 Å². The molecule has 4 rings (SSSR count). The fraction of sp³-hybridized carbons (Fsp3) is 0.208. The van der Waals surface area contributed by atoms with Gasteiger partial charge in [-0.05, 0) is 42.5 Å². The van der Waals surface area contributed by atoms with E-state index in [1.807, 2.05) is 55.6 Å². The fourth-order valence-corrected chi connectivity index (χ4v) is 6.30. The Kier molecular flexibility index (Phi) is 5.62. The van der Waals surface area contributed by atoms with Gasteiger partial charge in [0.05, 0.1) is 15.8 Å². The van der Waals surface area contributed by atoms with Crippen molar-refractivity contribution in [3.8, 4) is 0 Å². The molecule has 0 bridgehead atoms. The first-order chi connectivity index (χ1) is 14.4. The number of nitrogens with zero attached hydrogens (tertiary/aromatic N) is 1. The van der Waals surface area contributed by atoms with Crippen molar-refractivity contribution in [3.63, 3.8) is 0 Å². The van der Waals surface area contributed by atoms with Crippen LogP contribution in [0.4, 0.5) is 0 Å². The van der Waals surface area contributed by atoms with Crippen LogP contribution in [0.5, 0.6) is 0 Å². The molecule has 0 amide bonds. The molecule has 3 aromatic rings. The molecular weight excluding hydrogens is 414 g/mol. The molecule has 1 aliphatic heterocycles. The number of hydrogen-bond acceptors (Lipinski definition) is 4. The van der Waals surface area contributed by atoms with Gasteiger partial charge in [0, 0.05) is 17.7 Å². The predicted molar refractivity (Wildman–Crippen MR) is 120 cm³/mol. The van der Waals surface area contributed by atoms with Gasteiger partial charge in [-0.2, -0.15) is 0 Å². The molecule has 2 aromatic carbocycles. The Labute approximate surface area is 181 Å². The van der Waals surface area contributed by atoms with Crippen LogP contribution in [0.3, 0.4) is 0 Å². The third-order valence-corrected chi connectivity index (χ3v) is 8.18. The standard InChI is InChI=1S/C24H23NO3S2/c1-3-20-21(16-22(26)23-10-7-15-29-23)25(24(20)18-8-5-4-6-9-18)30(27,28)19-13-11-17(2)12-14-19/h4-16,20,24H,3H2,1-2H3/b21-16+/t20-,24+/m0/s1. The number of aryl methyl sites for hydroxylation is 1. The highest BCUT2D eigenvalue weighted by Crippen LogP contribution is 2.52. The number of benzene rings is 2. The maximum absolute atomic E-state index is 13.6. The Bertz CT molecular complexity index is 1160. The minimum Gasteiger partial charge on any atom is -0.288 e. The van der Waals surface area contributed by atoms with Crippen molar-refractivity contribution in [2.75, 3.05) is 0 Å². The van der Waals surface area contributed by atoms with Crippen molar-refractivity contribution in [2.24, 2.45) is 5.92 Å². The SMILES string of the molecule is CC[C@H]1/C(=C\C(=O)c2cccs2)N(S(=O)(=O)c2ccc(C)cc2)[C@@H]1c1ccccc1. The molecule has 1 aromatic heterocycles. The molecule has 6 heteroatoms. The molecule has 1 saturated heterocycles. The molecule has 0 aliphatic carbocycles. The van der Waals surface area contributed by atoms with Crippen LogP contribution in [0.1, 0.15) is 40.2 Å². The van der Waals surface area contributed by atoms with Crippen LogP contribution in [-0.2, 0) is 10.0 Å². The molecule has 1 fully saturated rings. The number of ketones is 1. The van der Waals surface area contributed by atoms with Crippen molar-refractivity contribution in [2.45, 2.75) is 31.2 Å². The number of sulfonamides is 1. The lowest BCUT2D eigenvalue weighted by Crippen LogP contribution is -2.50. The summed E-state index contributed by atoms with van der Waals surface area (Å²) in [4.78, 5) is 13.6. The van der Waals surface area contributed by atoms with Crippen molar-refractivity contribution in [3.05, 3.63) is 99.9 Å². The molecule has 4 nitrogen and oxygen atoms in total. The maximum Gasteiger partial charge on any atom is 0.264 e. The van der Waals surface area contributed by atoms with Crippen LogP contribution in [0, 0.1) is 12.8 Å². The fourth-order valence-electron chi connectivity index (χ4n) is 3.92. The average Bonchev–Trinajstić information content (AvgIpc) is 3.27. The smallest absolute Gasteiger partial charge is 0.264 e. The van der Waals surface area contributed by atoms with Crippen LogP contribution in [0.25, 0.3) is 0 Å². The summed E-state index contributed by atoms with van der Waals surface area (Å²) in [7, 11) is -3.81. The zero-order chi connectivity index (χ0) is 21.3. The number of thiophene rings is 1. The molecule has 0 radical (unpaired) electrons. The van der Waals surface area contributed by atoms with Gasteiger partial charge in [0.25, 0.3) is 10.0 Å². The van der Waals surface area contributed by atoms with Crippen LogP contribution in [0.15, 0.2) is 88.8 Å². The Morgan fingerprint density at radius 3 is 2.33 bits per heavy atom. The van der Waals surface area contributed by atoms with E-state index in [0.29, 0.717) is 10.6 Å². The van der Waals surface area contributed by atoms with E-state index in [2.05, 4.69) is 0 Å². The molecule has 1 aliphatic rings. The van der Waals surface area contributed by atoms with Gasteiger partial charge in [-0.3, -0.25) is 9.10 Å². The number of carbonyl (C=O) groups excluding carboxylic acids is 1. The van der Waals surface area contributed by atoms with E-state index in [1.165, 1.54) is 21.7 Å². The van der Waals surface area contributed by atoms with Gasteiger partial charge in [0.15, 0.2) is 5.78 Å². The summed E-state index contributed by atoms with van der Waals surface area (Å²) in [5, 5.41) is 1.84. The molecule has 2 atom stereocenters. The van der Waals surface area contributed by atoms with Crippen molar-refractivity contribution in [1.82, 2.24) is 4.31 Å². The largest absolute Gasteiger partial charge is 0.288 e. The number of carbonyl (C=O) groups is 1. The highest BCUT2D eigenvalue weighted by molar-refractivity contribution is 7.89. The third kappa shape index (κ3) is 3.61. The van der Waals surface area contributed by atoms with Gasteiger partial charge >= 0.3 is 0 Å². The first-order valence-corrected chi connectivity index (χ1v) is 12.2. The van der Waals surface area contributed by atoms with Crippen molar-refractivity contribution >= 4 is 27.1 Å². The van der Waals surface area contributed by atoms with Crippen LogP contribution in [-0.4, -0.2) is 18.5 Å². The minimum absolute atomic E-state index is 0.0449. The lowest BCUT2D eigenvalue weighted by molar-refractivity contribution is 0.103. The Balaban J connectivity index is 1.82. The van der Waals surface area contributed by atoms with Gasteiger partial charge in [0.2, 0.25) is 0 Å². The topological polar surface area (TPSA) is 54.5 Å². The van der Waals surface area contributed by atoms with E-state index in [0.717, 1.165) is 17.5 Å². The molecular formula is C24H23NO3S2. The molecule has 0 unspecified atom stereocenters. The van der Waals surface area contributed by atoms with Crippen LogP contribution >= 0.6 is 11.3 Å². The van der Waals surface area contributed by atoms with Crippen molar-refractivity contribution in [1.29, 1.82) is 0 Å².